The van der Waals surface area contributed by atoms with Crippen molar-refractivity contribution in [3.8, 4) is 0 Å². The Balaban J connectivity index is 2.38. The number of piperidine rings is 1. The Morgan fingerprint density at radius 1 is 1.28 bits per heavy atom. The number of halogens is 2. The van der Waals surface area contributed by atoms with E-state index in [1.165, 1.54) is 0 Å². The van der Waals surface area contributed by atoms with Crippen LogP contribution in [-0.2, 0) is 10.2 Å². The molecule has 2 N–H and O–H groups in total. The molecule has 18 heavy (non-hydrogen) atoms. The van der Waals surface area contributed by atoms with Crippen LogP contribution in [0.3, 0.4) is 0 Å². The van der Waals surface area contributed by atoms with Crippen LogP contribution in [0.1, 0.15) is 26.2 Å². The van der Waals surface area contributed by atoms with Crippen molar-refractivity contribution in [3.05, 3.63) is 0 Å². The van der Waals surface area contributed by atoms with Crippen LogP contribution in [0, 0.1) is 0 Å². The van der Waals surface area contributed by atoms with E-state index >= 15 is 0 Å². The van der Waals surface area contributed by atoms with E-state index < -0.39 is 22.7 Å². The van der Waals surface area contributed by atoms with Crippen LogP contribution in [-0.4, -0.2) is 51.4 Å². The molecule has 0 atom stereocenters. The van der Waals surface area contributed by atoms with Gasteiger partial charge in [-0.05, 0) is 19.4 Å². The molecule has 0 saturated carbocycles. The second-order valence-corrected chi connectivity index (χ2v) is 6.20. The highest BCUT2D eigenvalue weighted by Crippen LogP contribution is 2.27. The fourth-order valence-electron chi connectivity index (χ4n) is 1.80. The summed E-state index contributed by atoms with van der Waals surface area (Å²) in [7, 11) is -3.78. The zero-order valence-electron chi connectivity index (χ0n) is 10.6. The molecule has 1 saturated heterocycles. The summed E-state index contributed by atoms with van der Waals surface area (Å²) in [6.07, 6.45) is 0.921. The van der Waals surface area contributed by atoms with Crippen LogP contribution >= 0.6 is 0 Å². The zero-order valence-corrected chi connectivity index (χ0v) is 11.4. The number of alkyl halides is 2. The number of rotatable bonds is 7. The molecule has 1 heterocycles. The highest BCUT2D eigenvalue weighted by atomic mass is 32.2. The number of nitrogens with zero attached hydrogens (tertiary/aromatic N) is 1. The van der Waals surface area contributed by atoms with Gasteiger partial charge < -0.3 is 5.32 Å². The van der Waals surface area contributed by atoms with Crippen molar-refractivity contribution in [2.24, 2.45) is 0 Å². The molecule has 108 valence electrons. The summed E-state index contributed by atoms with van der Waals surface area (Å²) >= 11 is 0. The maximum atomic E-state index is 13.1. The predicted molar refractivity (Wildman–Crippen MR) is 65.8 cm³/mol. The molecule has 0 aromatic heterocycles. The van der Waals surface area contributed by atoms with Gasteiger partial charge in [0.15, 0.2) is 0 Å². The average molecular weight is 285 g/mol. The van der Waals surface area contributed by atoms with E-state index in [9.17, 15) is 17.2 Å². The number of hydrogen-bond acceptors (Lipinski definition) is 3. The van der Waals surface area contributed by atoms with E-state index in [1.54, 1.807) is 0 Å². The van der Waals surface area contributed by atoms with Gasteiger partial charge in [0.25, 0.3) is 16.1 Å². The summed E-state index contributed by atoms with van der Waals surface area (Å²) in [6, 6.07) is 0. The SMILES string of the molecule is CCCNCCNS(=O)(=O)N1CCCC(F)(F)C1. The second-order valence-electron chi connectivity index (χ2n) is 4.44. The highest BCUT2D eigenvalue weighted by molar-refractivity contribution is 7.87. The average Bonchev–Trinajstić information content (AvgIpc) is 2.27. The summed E-state index contributed by atoms with van der Waals surface area (Å²) in [6.45, 7) is 2.97. The van der Waals surface area contributed by atoms with Crippen LogP contribution in [0.4, 0.5) is 8.78 Å². The second kappa shape index (κ2) is 6.74. The summed E-state index contributed by atoms with van der Waals surface area (Å²) < 4.78 is 52.9. The Morgan fingerprint density at radius 2 is 2.00 bits per heavy atom. The first-order chi connectivity index (χ1) is 8.37. The van der Waals surface area contributed by atoms with Crippen molar-refractivity contribution in [2.45, 2.75) is 32.1 Å². The van der Waals surface area contributed by atoms with Crippen LogP contribution in [0.15, 0.2) is 0 Å². The van der Waals surface area contributed by atoms with E-state index in [2.05, 4.69) is 10.0 Å². The van der Waals surface area contributed by atoms with Gasteiger partial charge in [-0.1, -0.05) is 6.92 Å². The number of hydrogen-bond donors (Lipinski definition) is 2. The monoisotopic (exact) mass is 285 g/mol. The molecule has 8 heteroatoms. The van der Waals surface area contributed by atoms with E-state index in [-0.39, 0.29) is 25.9 Å². The van der Waals surface area contributed by atoms with Crippen molar-refractivity contribution >= 4 is 10.2 Å². The van der Waals surface area contributed by atoms with Gasteiger partial charge in [0.05, 0.1) is 6.54 Å². The van der Waals surface area contributed by atoms with Gasteiger partial charge >= 0.3 is 0 Å². The van der Waals surface area contributed by atoms with E-state index in [0.29, 0.717) is 6.54 Å². The normalized spacial score (nSPS) is 21.1. The molecule has 0 bridgehead atoms. The van der Waals surface area contributed by atoms with Gasteiger partial charge in [-0.3, -0.25) is 0 Å². The molecule has 0 radical (unpaired) electrons. The molecular formula is C10H21F2N3O2S. The zero-order chi connectivity index (χ0) is 13.6. The molecule has 0 aromatic rings. The lowest BCUT2D eigenvalue weighted by Crippen LogP contribution is -2.50. The Bertz CT molecular complexity index is 349. The fraction of sp³-hybridized carbons (Fsp3) is 1.00. The molecule has 0 aromatic carbocycles. The van der Waals surface area contributed by atoms with Gasteiger partial charge in [-0.15, -0.1) is 0 Å². The lowest BCUT2D eigenvalue weighted by Gasteiger charge is -2.31. The number of nitrogens with one attached hydrogen (secondary N) is 2. The maximum absolute atomic E-state index is 13.1. The Kier molecular flexibility index (Phi) is 5.90. The third kappa shape index (κ3) is 5.13. The first-order valence-electron chi connectivity index (χ1n) is 6.21. The third-order valence-electron chi connectivity index (χ3n) is 2.71. The standard InChI is InChI=1S/C10H21F2N3O2S/c1-2-5-13-6-7-14-18(16,17)15-8-3-4-10(11,12)9-15/h13-14H,2-9H2,1H3. The fourth-order valence-corrected chi connectivity index (χ4v) is 3.07. The van der Waals surface area contributed by atoms with Gasteiger partial charge in [0.1, 0.15) is 0 Å². The summed E-state index contributed by atoms with van der Waals surface area (Å²) in [5.74, 6) is -2.91. The molecule has 0 aliphatic carbocycles. The minimum absolute atomic E-state index is 0.160. The summed E-state index contributed by atoms with van der Waals surface area (Å²) in [4.78, 5) is 0. The third-order valence-corrected chi connectivity index (χ3v) is 4.27. The van der Waals surface area contributed by atoms with Gasteiger partial charge in [-0.2, -0.15) is 12.7 Å². The van der Waals surface area contributed by atoms with Crippen molar-refractivity contribution in [1.82, 2.24) is 14.3 Å². The predicted octanol–water partition coefficient (Wildman–Crippen LogP) is 0.552. The Morgan fingerprint density at radius 3 is 2.61 bits per heavy atom. The Hall–Kier alpha value is -0.310. The largest absolute Gasteiger partial charge is 0.315 e. The first-order valence-corrected chi connectivity index (χ1v) is 7.65. The van der Waals surface area contributed by atoms with Crippen LogP contribution in [0.2, 0.25) is 0 Å². The van der Waals surface area contributed by atoms with E-state index in [0.717, 1.165) is 17.3 Å². The highest BCUT2D eigenvalue weighted by Gasteiger charge is 2.39. The van der Waals surface area contributed by atoms with Crippen molar-refractivity contribution in [3.63, 3.8) is 0 Å². The molecule has 1 aliphatic heterocycles. The molecule has 0 amide bonds. The van der Waals surface area contributed by atoms with Crippen LogP contribution in [0.5, 0.6) is 0 Å². The topological polar surface area (TPSA) is 61.4 Å². The molecule has 1 fully saturated rings. The molecule has 1 rings (SSSR count). The van der Waals surface area contributed by atoms with Crippen LogP contribution < -0.4 is 10.0 Å². The summed E-state index contributed by atoms with van der Waals surface area (Å²) in [5, 5.41) is 3.03. The molecule has 0 spiro atoms. The summed E-state index contributed by atoms with van der Waals surface area (Å²) in [5.41, 5.74) is 0. The lowest BCUT2D eigenvalue weighted by atomic mass is 10.1. The van der Waals surface area contributed by atoms with E-state index in [1.807, 2.05) is 6.92 Å². The van der Waals surface area contributed by atoms with Crippen LogP contribution in [0.25, 0.3) is 0 Å². The minimum Gasteiger partial charge on any atom is -0.315 e. The lowest BCUT2D eigenvalue weighted by molar-refractivity contribution is -0.0436. The molecule has 5 nitrogen and oxygen atoms in total. The van der Waals surface area contributed by atoms with Crippen molar-refractivity contribution < 1.29 is 17.2 Å². The molecular weight excluding hydrogens is 264 g/mol. The maximum Gasteiger partial charge on any atom is 0.279 e. The quantitative estimate of drug-likeness (QED) is 0.672. The molecule has 0 unspecified atom stereocenters. The first kappa shape index (κ1) is 15.7. The minimum atomic E-state index is -3.78. The smallest absolute Gasteiger partial charge is 0.279 e. The van der Waals surface area contributed by atoms with Crippen molar-refractivity contribution in [2.75, 3.05) is 32.7 Å². The van der Waals surface area contributed by atoms with Gasteiger partial charge in [0.2, 0.25) is 0 Å². The van der Waals surface area contributed by atoms with Crippen molar-refractivity contribution in [1.29, 1.82) is 0 Å². The van der Waals surface area contributed by atoms with Gasteiger partial charge in [0, 0.05) is 26.1 Å². The Labute approximate surface area is 107 Å². The van der Waals surface area contributed by atoms with Gasteiger partial charge in [-0.25, -0.2) is 13.5 Å². The molecule has 1 aliphatic rings. The van der Waals surface area contributed by atoms with E-state index in [4.69, 9.17) is 0 Å².